The Morgan fingerprint density at radius 1 is 1.35 bits per heavy atom. The van der Waals surface area contributed by atoms with E-state index in [4.69, 9.17) is 0 Å². The van der Waals surface area contributed by atoms with Crippen LogP contribution in [0.3, 0.4) is 0 Å². The lowest BCUT2D eigenvalue weighted by molar-refractivity contribution is -0.132. The van der Waals surface area contributed by atoms with Crippen LogP contribution in [0.25, 0.3) is 0 Å². The Hall–Kier alpha value is -1.66. The van der Waals surface area contributed by atoms with Crippen molar-refractivity contribution >= 4 is 34.8 Å². The molecular weight excluding hydrogens is 364 g/mol. The van der Waals surface area contributed by atoms with Crippen molar-refractivity contribution in [2.75, 3.05) is 19.3 Å². The maximum Gasteiger partial charge on any atom is 0.222 e. The van der Waals surface area contributed by atoms with Gasteiger partial charge in [0.1, 0.15) is 0 Å². The lowest BCUT2D eigenvalue weighted by Gasteiger charge is -2.32. The summed E-state index contributed by atoms with van der Waals surface area (Å²) < 4.78 is 0. The number of carbonyl (C=O) groups excluding carboxylic acids is 2. The quantitative estimate of drug-likeness (QED) is 0.549. The summed E-state index contributed by atoms with van der Waals surface area (Å²) in [5.41, 5.74) is 3.64. The Labute approximate surface area is 163 Å². The zero-order valence-corrected chi connectivity index (χ0v) is 16.9. The van der Waals surface area contributed by atoms with E-state index in [1.54, 1.807) is 23.1 Å². The minimum Gasteiger partial charge on any atom is -0.342 e. The monoisotopic (exact) mass is 388 g/mol. The number of rotatable bonds is 6. The van der Waals surface area contributed by atoms with Crippen LogP contribution in [0.4, 0.5) is 0 Å². The molecule has 0 radical (unpaired) electrons. The van der Waals surface area contributed by atoms with Crippen molar-refractivity contribution in [2.45, 2.75) is 37.5 Å². The van der Waals surface area contributed by atoms with Crippen molar-refractivity contribution in [3.05, 3.63) is 45.9 Å². The van der Waals surface area contributed by atoms with Crippen molar-refractivity contribution in [2.24, 2.45) is 5.92 Å². The molecule has 26 heavy (non-hydrogen) atoms. The predicted octanol–water partition coefficient (Wildman–Crippen LogP) is 4.23. The van der Waals surface area contributed by atoms with Crippen LogP contribution in [-0.2, 0) is 11.2 Å². The molecule has 1 aliphatic rings. The van der Waals surface area contributed by atoms with Crippen LogP contribution in [0.15, 0.2) is 34.7 Å². The van der Waals surface area contributed by atoms with Gasteiger partial charge in [-0.1, -0.05) is 18.2 Å². The molecule has 1 atom stereocenters. The van der Waals surface area contributed by atoms with Gasteiger partial charge >= 0.3 is 0 Å². The molecule has 0 bridgehead atoms. The number of hydrogen-bond acceptors (Lipinski definition) is 5. The summed E-state index contributed by atoms with van der Waals surface area (Å²) in [7, 11) is 0. The molecule has 6 heteroatoms. The molecule has 2 aromatic rings. The average molecular weight is 389 g/mol. The number of aryl methyl sites for hydroxylation is 2. The molecule has 2 heterocycles. The van der Waals surface area contributed by atoms with E-state index in [-0.39, 0.29) is 17.6 Å². The fraction of sp³-hybridized carbons (Fsp3) is 0.450. The second-order valence-corrected chi connectivity index (χ2v) is 8.39. The highest BCUT2D eigenvalue weighted by Gasteiger charge is 2.29. The summed E-state index contributed by atoms with van der Waals surface area (Å²) in [4.78, 5) is 33.9. The maximum absolute atomic E-state index is 13.0. The normalized spacial score (nSPS) is 17.3. The largest absolute Gasteiger partial charge is 0.342 e. The number of nitrogens with zero attached hydrogens (tertiary/aromatic N) is 2. The van der Waals surface area contributed by atoms with Crippen LogP contribution in [0.2, 0.25) is 0 Å². The van der Waals surface area contributed by atoms with Crippen molar-refractivity contribution in [3.8, 4) is 0 Å². The van der Waals surface area contributed by atoms with Gasteiger partial charge in [0.25, 0.3) is 0 Å². The second-order valence-electron chi connectivity index (χ2n) is 6.60. The summed E-state index contributed by atoms with van der Waals surface area (Å²) in [5.74, 6) is 0.227. The molecule has 0 aliphatic carbocycles. The van der Waals surface area contributed by atoms with Crippen LogP contribution < -0.4 is 0 Å². The SMILES string of the molecule is CSc1ccccc1C(=O)[C@@H]1CCCN(C(=O)CCc2scnc2C)C1. The number of piperidine rings is 1. The summed E-state index contributed by atoms with van der Waals surface area (Å²) >= 11 is 3.20. The first-order valence-electron chi connectivity index (χ1n) is 8.94. The van der Waals surface area contributed by atoms with Gasteiger partial charge in [-0.3, -0.25) is 9.59 Å². The van der Waals surface area contributed by atoms with Gasteiger partial charge in [-0.25, -0.2) is 4.98 Å². The third kappa shape index (κ3) is 4.35. The van der Waals surface area contributed by atoms with E-state index in [0.29, 0.717) is 13.0 Å². The van der Waals surface area contributed by atoms with E-state index in [1.165, 1.54) is 4.88 Å². The van der Waals surface area contributed by atoms with E-state index in [0.717, 1.165) is 42.0 Å². The number of thiazole rings is 1. The Bertz CT molecular complexity index is 788. The third-order valence-corrected chi connectivity index (χ3v) is 6.72. The summed E-state index contributed by atoms with van der Waals surface area (Å²) in [6.07, 6.45) is 4.97. The number of likely N-dealkylation sites (tertiary alicyclic amines) is 1. The molecule has 3 rings (SSSR count). The number of hydrogen-bond donors (Lipinski definition) is 0. The lowest BCUT2D eigenvalue weighted by atomic mass is 9.89. The van der Waals surface area contributed by atoms with Crippen molar-refractivity contribution in [1.82, 2.24) is 9.88 Å². The van der Waals surface area contributed by atoms with E-state index in [9.17, 15) is 9.59 Å². The topological polar surface area (TPSA) is 50.3 Å². The number of carbonyl (C=O) groups is 2. The summed E-state index contributed by atoms with van der Waals surface area (Å²) in [6, 6.07) is 7.76. The molecule has 1 aromatic carbocycles. The van der Waals surface area contributed by atoms with E-state index in [1.807, 2.05) is 47.9 Å². The minimum absolute atomic E-state index is 0.0915. The van der Waals surface area contributed by atoms with Crippen LogP contribution in [-0.4, -0.2) is 40.9 Å². The highest BCUT2D eigenvalue weighted by atomic mass is 32.2. The number of thioether (sulfide) groups is 1. The Morgan fingerprint density at radius 2 is 2.15 bits per heavy atom. The fourth-order valence-corrected chi connectivity index (χ4v) is 4.81. The molecule has 0 saturated carbocycles. The van der Waals surface area contributed by atoms with Crippen molar-refractivity contribution < 1.29 is 9.59 Å². The molecule has 4 nitrogen and oxygen atoms in total. The average Bonchev–Trinajstić information content (AvgIpc) is 3.10. The standard InChI is InChI=1S/C20H24N2O2S2/c1-14-17(26-13-21-14)9-10-19(23)22-11-5-6-15(12-22)20(24)16-7-3-4-8-18(16)25-2/h3-4,7-8,13,15H,5-6,9-12H2,1-2H3/t15-/m1/s1. The molecule has 1 aromatic heterocycles. The Kier molecular flexibility index (Phi) is 6.48. The van der Waals surface area contributed by atoms with Crippen LogP contribution in [0.5, 0.6) is 0 Å². The summed E-state index contributed by atoms with van der Waals surface area (Å²) in [6.45, 7) is 3.28. The molecule has 0 unspecified atom stereocenters. The van der Waals surface area contributed by atoms with Gasteiger partial charge in [-0.05, 0) is 38.5 Å². The molecular formula is C20H24N2O2S2. The lowest BCUT2D eigenvalue weighted by Crippen LogP contribution is -2.42. The Balaban J connectivity index is 1.62. The van der Waals surface area contributed by atoms with Crippen LogP contribution in [0, 0.1) is 12.8 Å². The van der Waals surface area contributed by atoms with E-state index in [2.05, 4.69) is 4.98 Å². The zero-order valence-electron chi connectivity index (χ0n) is 15.2. The molecule has 1 fully saturated rings. The molecule has 0 N–H and O–H groups in total. The smallest absolute Gasteiger partial charge is 0.222 e. The predicted molar refractivity (Wildman–Crippen MR) is 107 cm³/mol. The minimum atomic E-state index is -0.0915. The molecule has 1 aliphatic heterocycles. The molecule has 1 amide bonds. The highest BCUT2D eigenvalue weighted by molar-refractivity contribution is 7.98. The van der Waals surface area contributed by atoms with Crippen LogP contribution >= 0.6 is 23.1 Å². The van der Waals surface area contributed by atoms with Gasteiger partial charge in [-0.2, -0.15) is 0 Å². The van der Waals surface area contributed by atoms with E-state index >= 15 is 0 Å². The third-order valence-electron chi connectivity index (χ3n) is 4.93. The van der Waals surface area contributed by atoms with Gasteiger partial charge in [-0.15, -0.1) is 23.1 Å². The molecule has 1 saturated heterocycles. The van der Waals surface area contributed by atoms with Gasteiger partial charge in [0.2, 0.25) is 5.91 Å². The van der Waals surface area contributed by atoms with Crippen molar-refractivity contribution in [1.29, 1.82) is 0 Å². The zero-order chi connectivity index (χ0) is 18.5. The van der Waals surface area contributed by atoms with Gasteiger partial charge in [0.15, 0.2) is 5.78 Å². The van der Waals surface area contributed by atoms with Gasteiger partial charge < -0.3 is 4.90 Å². The summed E-state index contributed by atoms with van der Waals surface area (Å²) in [5, 5.41) is 0. The number of ketones is 1. The van der Waals surface area contributed by atoms with Gasteiger partial charge in [0.05, 0.1) is 11.2 Å². The number of amides is 1. The number of Topliss-reactive ketones (excluding diaryl/α,β-unsaturated/α-hetero) is 1. The Morgan fingerprint density at radius 3 is 2.88 bits per heavy atom. The fourth-order valence-electron chi connectivity index (χ4n) is 3.43. The van der Waals surface area contributed by atoms with Gasteiger partial charge in [0, 0.05) is 40.8 Å². The van der Waals surface area contributed by atoms with E-state index < -0.39 is 0 Å². The first-order chi connectivity index (χ1) is 12.6. The van der Waals surface area contributed by atoms with Crippen LogP contribution in [0.1, 0.15) is 40.2 Å². The number of aromatic nitrogens is 1. The molecule has 0 spiro atoms. The second kappa shape index (κ2) is 8.82. The van der Waals surface area contributed by atoms with Crippen molar-refractivity contribution in [3.63, 3.8) is 0 Å². The first kappa shape index (κ1) is 19.1. The first-order valence-corrected chi connectivity index (χ1v) is 11.0. The highest BCUT2D eigenvalue weighted by Crippen LogP contribution is 2.27. The number of benzene rings is 1. The maximum atomic E-state index is 13.0. The molecule has 138 valence electrons.